The molecule has 1 aliphatic heterocycles. The molecule has 0 saturated carbocycles. The molecular weight excluding hydrogens is 395 g/mol. The van der Waals surface area contributed by atoms with Crippen LogP contribution in [-0.4, -0.2) is 35.5 Å². The summed E-state index contributed by atoms with van der Waals surface area (Å²) in [7, 11) is 0. The third kappa shape index (κ3) is 6.10. The molecule has 0 unspecified atom stereocenters. The topological polar surface area (TPSA) is 54.5 Å². The summed E-state index contributed by atoms with van der Waals surface area (Å²) in [6, 6.07) is 0. The third-order valence-corrected chi connectivity index (χ3v) is 4.83. The van der Waals surface area contributed by atoms with E-state index >= 15 is 0 Å². The minimum atomic E-state index is 0. The van der Waals surface area contributed by atoms with Crippen molar-refractivity contribution in [2.24, 2.45) is 10.7 Å². The van der Waals surface area contributed by atoms with Crippen LogP contribution in [0.2, 0.25) is 0 Å². The molecular formula is C15H27IN4S. The molecule has 2 heterocycles. The molecule has 1 aromatic rings. The van der Waals surface area contributed by atoms with E-state index < -0.39 is 0 Å². The molecule has 1 fully saturated rings. The van der Waals surface area contributed by atoms with Crippen molar-refractivity contribution in [2.45, 2.75) is 51.9 Å². The maximum atomic E-state index is 6.09. The van der Waals surface area contributed by atoms with E-state index in [1.807, 2.05) is 0 Å². The monoisotopic (exact) mass is 422 g/mol. The fourth-order valence-electron chi connectivity index (χ4n) is 2.39. The minimum absolute atomic E-state index is 0. The average Bonchev–Trinajstić information content (AvgIpc) is 2.73. The van der Waals surface area contributed by atoms with E-state index in [1.54, 1.807) is 11.3 Å². The van der Waals surface area contributed by atoms with Crippen molar-refractivity contribution < 1.29 is 0 Å². The Labute approximate surface area is 149 Å². The Hall–Kier alpha value is -0.370. The van der Waals surface area contributed by atoms with Crippen LogP contribution < -0.4 is 5.73 Å². The number of aromatic nitrogens is 1. The van der Waals surface area contributed by atoms with E-state index in [2.05, 4.69) is 34.1 Å². The second-order valence-electron chi connectivity index (χ2n) is 5.72. The number of likely N-dealkylation sites (tertiary alicyclic amines) is 1. The Kier molecular flexibility index (Phi) is 8.55. The maximum Gasteiger partial charge on any atom is 0.191 e. The summed E-state index contributed by atoms with van der Waals surface area (Å²) in [6.45, 7) is 7.22. The molecule has 4 nitrogen and oxygen atoms in total. The van der Waals surface area contributed by atoms with Gasteiger partial charge in [-0.05, 0) is 12.8 Å². The molecule has 2 N–H and O–H groups in total. The van der Waals surface area contributed by atoms with Gasteiger partial charge in [0.15, 0.2) is 5.96 Å². The first-order chi connectivity index (χ1) is 9.66. The Morgan fingerprint density at radius 2 is 2.00 bits per heavy atom. The fraction of sp³-hybridized carbons (Fsp3) is 0.733. The lowest BCUT2D eigenvalue weighted by atomic mass is 10.2. The SMILES string of the molecule is CC(C)c1nc(CCN=C(N)N2CCCCCC2)cs1.I. The number of rotatable bonds is 4. The van der Waals surface area contributed by atoms with Gasteiger partial charge in [0, 0.05) is 37.4 Å². The molecule has 120 valence electrons. The molecule has 0 atom stereocenters. The Balaban J connectivity index is 0.00000220. The molecule has 1 saturated heterocycles. The Bertz CT molecular complexity index is 437. The van der Waals surface area contributed by atoms with Gasteiger partial charge in [-0.25, -0.2) is 4.98 Å². The molecule has 0 aliphatic carbocycles. The fourth-order valence-corrected chi connectivity index (χ4v) is 3.26. The van der Waals surface area contributed by atoms with Crippen molar-refractivity contribution in [3.05, 3.63) is 16.1 Å². The van der Waals surface area contributed by atoms with Crippen LogP contribution in [0.15, 0.2) is 10.4 Å². The Morgan fingerprint density at radius 3 is 2.57 bits per heavy atom. The van der Waals surface area contributed by atoms with Crippen LogP contribution in [0.5, 0.6) is 0 Å². The molecule has 1 aliphatic rings. The second-order valence-corrected chi connectivity index (χ2v) is 6.61. The van der Waals surface area contributed by atoms with Gasteiger partial charge in [0.2, 0.25) is 0 Å². The zero-order valence-corrected chi connectivity index (χ0v) is 16.2. The van der Waals surface area contributed by atoms with E-state index in [4.69, 9.17) is 5.73 Å². The van der Waals surface area contributed by atoms with E-state index in [0.717, 1.165) is 31.7 Å². The number of thiazole rings is 1. The Morgan fingerprint density at radius 1 is 1.33 bits per heavy atom. The summed E-state index contributed by atoms with van der Waals surface area (Å²) in [6.07, 6.45) is 6.00. The molecule has 0 bridgehead atoms. The molecule has 0 spiro atoms. The van der Waals surface area contributed by atoms with Crippen LogP contribution >= 0.6 is 35.3 Å². The highest BCUT2D eigenvalue weighted by molar-refractivity contribution is 14.0. The van der Waals surface area contributed by atoms with E-state index in [9.17, 15) is 0 Å². The van der Waals surface area contributed by atoms with Crippen LogP contribution in [-0.2, 0) is 6.42 Å². The van der Waals surface area contributed by atoms with Crippen molar-refractivity contribution in [3.63, 3.8) is 0 Å². The summed E-state index contributed by atoms with van der Waals surface area (Å²) >= 11 is 1.75. The number of hydrogen-bond acceptors (Lipinski definition) is 3. The van der Waals surface area contributed by atoms with Gasteiger partial charge >= 0.3 is 0 Å². The number of halogens is 1. The first-order valence-electron chi connectivity index (χ1n) is 7.66. The summed E-state index contributed by atoms with van der Waals surface area (Å²) in [4.78, 5) is 11.4. The van der Waals surface area contributed by atoms with Crippen LogP contribution in [0.25, 0.3) is 0 Å². The summed E-state index contributed by atoms with van der Waals surface area (Å²) in [5, 5.41) is 3.36. The lowest BCUT2D eigenvalue weighted by molar-refractivity contribution is 0.428. The predicted octanol–water partition coefficient (Wildman–Crippen LogP) is 3.62. The maximum absolute atomic E-state index is 6.09. The first kappa shape index (κ1) is 18.7. The van der Waals surface area contributed by atoms with Gasteiger partial charge in [0.25, 0.3) is 0 Å². The predicted molar refractivity (Wildman–Crippen MR) is 102 cm³/mol. The van der Waals surface area contributed by atoms with Gasteiger partial charge in [-0.1, -0.05) is 26.7 Å². The van der Waals surface area contributed by atoms with Gasteiger partial charge < -0.3 is 10.6 Å². The van der Waals surface area contributed by atoms with Crippen molar-refractivity contribution in [2.75, 3.05) is 19.6 Å². The highest BCUT2D eigenvalue weighted by Gasteiger charge is 2.11. The van der Waals surface area contributed by atoms with E-state index in [0.29, 0.717) is 11.9 Å². The largest absolute Gasteiger partial charge is 0.370 e. The summed E-state index contributed by atoms with van der Waals surface area (Å²) in [5.74, 6) is 1.23. The lowest BCUT2D eigenvalue weighted by Crippen LogP contribution is -2.38. The van der Waals surface area contributed by atoms with Crippen LogP contribution in [0.1, 0.15) is 56.2 Å². The molecule has 0 aromatic carbocycles. The zero-order valence-electron chi connectivity index (χ0n) is 13.0. The normalized spacial score (nSPS) is 16.7. The van der Waals surface area contributed by atoms with Crippen LogP contribution in [0.3, 0.4) is 0 Å². The van der Waals surface area contributed by atoms with Gasteiger partial charge in [-0.15, -0.1) is 35.3 Å². The molecule has 1 aromatic heterocycles. The van der Waals surface area contributed by atoms with Gasteiger partial charge in [-0.3, -0.25) is 4.99 Å². The third-order valence-electron chi connectivity index (χ3n) is 3.64. The number of nitrogens with zero attached hydrogens (tertiary/aromatic N) is 3. The number of guanidine groups is 1. The quantitative estimate of drug-likeness (QED) is 0.458. The molecule has 0 amide bonds. The summed E-state index contributed by atoms with van der Waals surface area (Å²) in [5.41, 5.74) is 7.24. The highest BCUT2D eigenvalue weighted by Crippen LogP contribution is 2.19. The number of nitrogens with two attached hydrogens (primary N) is 1. The highest BCUT2D eigenvalue weighted by atomic mass is 127. The van der Waals surface area contributed by atoms with Gasteiger partial charge in [0.05, 0.1) is 10.7 Å². The summed E-state index contributed by atoms with van der Waals surface area (Å²) < 4.78 is 0. The molecule has 0 radical (unpaired) electrons. The molecule has 6 heteroatoms. The van der Waals surface area contributed by atoms with Crippen molar-refractivity contribution >= 4 is 41.3 Å². The second kappa shape index (κ2) is 9.61. The van der Waals surface area contributed by atoms with Crippen LogP contribution in [0, 0.1) is 0 Å². The van der Waals surface area contributed by atoms with E-state index in [-0.39, 0.29) is 24.0 Å². The lowest BCUT2D eigenvalue weighted by Gasteiger charge is -2.20. The minimum Gasteiger partial charge on any atom is -0.370 e. The van der Waals surface area contributed by atoms with Crippen molar-refractivity contribution in [1.82, 2.24) is 9.88 Å². The van der Waals surface area contributed by atoms with Crippen molar-refractivity contribution in [3.8, 4) is 0 Å². The average molecular weight is 422 g/mol. The van der Waals surface area contributed by atoms with Gasteiger partial charge in [0.1, 0.15) is 0 Å². The first-order valence-corrected chi connectivity index (χ1v) is 8.54. The van der Waals surface area contributed by atoms with Crippen molar-refractivity contribution in [1.29, 1.82) is 0 Å². The smallest absolute Gasteiger partial charge is 0.191 e. The number of aliphatic imine (C=N–C) groups is 1. The molecule has 2 rings (SSSR count). The molecule has 21 heavy (non-hydrogen) atoms. The zero-order chi connectivity index (χ0) is 14.4. The van der Waals surface area contributed by atoms with Gasteiger partial charge in [-0.2, -0.15) is 0 Å². The van der Waals surface area contributed by atoms with Crippen LogP contribution in [0.4, 0.5) is 0 Å². The number of hydrogen-bond donors (Lipinski definition) is 1. The standard InChI is InChI=1S/C15H26N4S.HI/c1-12(2)14-18-13(11-20-14)7-8-17-15(16)19-9-5-3-4-6-10-19;/h11-12H,3-10H2,1-2H3,(H2,16,17);1H. The van der Waals surface area contributed by atoms with E-state index in [1.165, 1.54) is 30.7 Å².